The second kappa shape index (κ2) is 6.11. The molecule has 0 bridgehead atoms. The minimum atomic E-state index is -6.69. The van der Waals surface area contributed by atoms with Gasteiger partial charge < -0.3 is 9.47 Å². The molecule has 1 heterocycles. The molecule has 1 unspecified atom stereocenters. The lowest BCUT2D eigenvalue weighted by atomic mass is 9.98. The third-order valence-electron chi connectivity index (χ3n) is 2.74. The Morgan fingerprint density at radius 1 is 1.23 bits per heavy atom. The highest BCUT2D eigenvalue weighted by Gasteiger charge is 2.75. The minimum Gasteiger partial charge on any atom is -0.346 e. The van der Waals surface area contributed by atoms with Crippen molar-refractivity contribution in [2.75, 3.05) is 13.2 Å². The average Bonchev–Trinajstić information content (AvgIpc) is 2.39. The Kier molecular flexibility index (Phi) is 5.22. The van der Waals surface area contributed by atoms with E-state index in [9.17, 15) is 39.9 Å². The third kappa shape index (κ3) is 3.09. The zero-order valence-corrected chi connectivity index (χ0v) is 10.9. The van der Waals surface area contributed by atoms with Gasteiger partial charge in [-0.3, -0.25) is 4.79 Å². The molecule has 0 amide bonds. The normalized spacial score (nSPS) is 23.7. The molecule has 128 valence electrons. The summed E-state index contributed by atoms with van der Waals surface area (Å²) in [5, 5.41) is 0. The van der Waals surface area contributed by atoms with Gasteiger partial charge in [0.05, 0.1) is 6.61 Å². The van der Waals surface area contributed by atoms with Crippen LogP contribution >= 0.6 is 0 Å². The molecule has 1 rings (SSSR count). The molecule has 0 aliphatic carbocycles. The van der Waals surface area contributed by atoms with Crippen LogP contribution in [0.15, 0.2) is 11.4 Å². The van der Waals surface area contributed by atoms with Gasteiger partial charge in [-0.25, -0.2) is 4.39 Å². The molecule has 0 aromatic heterocycles. The standard InChI is InChI=1S/C11H10F8O3/c1-2-21-8-6(20)5(3-4-22-8)7(12)9(13,14)10(15,16)11(17,18)19/h8H,2-4H2,1H3/b7-5+. The van der Waals surface area contributed by atoms with E-state index in [1.54, 1.807) is 0 Å². The molecule has 0 saturated carbocycles. The smallest absolute Gasteiger partial charge is 0.346 e. The number of ketones is 1. The maximum absolute atomic E-state index is 13.6. The molecule has 1 aliphatic heterocycles. The molecule has 1 saturated heterocycles. The van der Waals surface area contributed by atoms with Crippen LogP contribution in [0, 0.1) is 0 Å². The van der Waals surface area contributed by atoms with E-state index in [-0.39, 0.29) is 6.61 Å². The van der Waals surface area contributed by atoms with E-state index in [1.165, 1.54) is 6.92 Å². The molecule has 0 radical (unpaired) electrons. The van der Waals surface area contributed by atoms with Crippen molar-refractivity contribution in [1.82, 2.24) is 0 Å². The summed E-state index contributed by atoms with van der Waals surface area (Å²) >= 11 is 0. The number of Topliss-reactive ketones (excluding diaryl/α,β-unsaturated/α-hetero) is 1. The molecule has 1 atom stereocenters. The highest BCUT2D eigenvalue weighted by Crippen LogP contribution is 2.51. The summed E-state index contributed by atoms with van der Waals surface area (Å²) in [6.07, 6.45) is -9.39. The van der Waals surface area contributed by atoms with Gasteiger partial charge in [0.25, 0.3) is 0 Å². The van der Waals surface area contributed by atoms with Gasteiger partial charge in [-0.05, 0) is 6.92 Å². The van der Waals surface area contributed by atoms with Crippen LogP contribution in [0.4, 0.5) is 35.1 Å². The van der Waals surface area contributed by atoms with Gasteiger partial charge in [0.2, 0.25) is 12.1 Å². The van der Waals surface area contributed by atoms with Gasteiger partial charge in [-0.2, -0.15) is 30.7 Å². The molecule has 22 heavy (non-hydrogen) atoms. The lowest BCUT2D eigenvalue weighted by Crippen LogP contribution is -2.53. The third-order valence-corrected chi connectivity index (χ3v) is 2.74. The zero-order chi connectivity index (χ0) is 17.3. The van der Waals surface area contributed by atoms with Crippen molar-refractivity contribution in [3.63, 3.8) is 0 Å². The number of allylic oxidation sites excluding steroid dienone is 1. The summed E-state index contributed by atoms with van der Waals surface area (Å²) in [4.78, 5) is 11.6. The number of rotatable bonds is 4. The maximum Gasteiger partial charge on any atom is 0.460 e. The second-order valence-corrected chi connectivity index (χ2v) is 4.21. The van der Waals surface area contributed by atoms with Crippen LogP contribution in [0.2, 0.25) is 0 Å². The number of halogens is 8. The molecule has 0 aromatic carbocycles. The number of carbonyl (C=O) groups is 1. The number of ether oxygens (including phenoxy) is 2. The monoisotopic (exact) mass is 342 g/mol. The van der Waals surface area contributed by atoms with Gasteiger partial charge in [0.15, 0.2) is 5.83 Å². The maximum atomic E-state index is 13.6. The van der Waals surface area contributed by atoms with Crippen molar-refractivity contribution in [2.24, 2.45) is 0 Å². The van der Waals surface area contributed by atoms with E-state index < -0.39 is 54.5 Å². The fourth-order valence-corrected chi connectivity index (χ4v) is 1.61. The summed E-state index contributed by atoms with van der Waals surface area (Å²) in [7, 11) is 0. The molecule has 1 aliphatic rings. The van der Waals surface area contributed by atoms with Crippen molar-refractivity contribution in [1.29, 1.82) is 0 Å². The molecular weight excluding hydrogens is 332 g/mol. The Bertz CT molecular complexity index is 466. The van der Waals surface area contributed by atoms with Crippen molar-refractivity contribution < 1.29 is 49.4 Å². The van der Waals surface area contributed by atoms with Crippen LogP contribution in [0.5, 0.6) is 0 Å². The van der Waals surface area contributed by atoms with E-state index in [4.69, 9.17) is 0 Å². The van der Waals surface area contributed by atoms with E-state index in [1.807, 2.05) is 0 Å². The summed E-state index contributed by atoms with van der Waals surface area (Å²) in [5.74, 6) is -17.6. The molecule has 0 spiro atoms. The highest BCUT2D eigenvalue weighted by atomic mass is 19.4. The van der Waals surface area contributed by atoms with Crippen molar-refractivity contribution in [3.05, 3.63) is 11.4 Å². The lowest BCUT2D eigenvalue weighted by molar-refractivity contribution is -0.347. The van der Waals surface area contributed by atoms with Crippen molar-refractivity contribution >= 4 is 5.78 Å². The van der Waals surface area contributed by atoms with Crippen LogP contribution in [0.3, 0.4) is 0 Å². The Morgan fingerprint density at radius 3 is 2.23 bits per heavy atom. The average molecular weight is 342 g/mol. The molecular formula is C11H10F8O3. The molecule has 1 fully saturated rings. The van der Waals surface area contributed by atoms with E-state index >= 15 is 0 Å². The van der Waals surface area contributed by atoms with Crippen LogP contribution < -0.4 is 0 Å². The summed E-state index contributed by atoms with van der Waals surface area (Å²) < 4.78 is 111. The summed E-state index contributed by atoms with van der Waals surface area (Å²) in [5.41, 5.74) is -1.50. The quantitative estimate of drug-likeness (QED) is 0.580. The first-order chi connectivity index (χ1) is 9.88. The first kappa shape index (κ1) is 18.8. The molecule has 0 aromatic rings. The molecule has 3 nitrogen and oxygen atoms in total. The van der Waals surface area contributed by atoms with Gasteiger partial charge in [-0.1, -0.05) is 0 Å². The fourth-order valence-electron chi connectivity index (χ4n) is 1.61. The topological polar surface area (TPSA) is 35.5 Å². The predicted molar refractivity (Wildman–Crippen MR) is 55.1 cm³/mol. The largest absolute Gasteiger partial charge is 0.460 e. The Labute approximate surface area is 118 Å². The zero-order valence-electron chi connectivity index (χ0n) is 10.9. The Hall–Kier alpha value is -1.23. The Morgan fingerprint density at radius 2 is 1.77 bits per heavy atom. The number of hydrogen-bond donors (Lipinski definition) is 0. The van der Waals surface area contributed by atoms with Crippen molar-refractivity contribution in [2.45, 2.75) is 37.7 Å². The summed E-state index contributed by atoms with van der Waals surface area (Å²) in [6, 6.07) is 0. The van der Waals surface area contributed by atoms with Gasteiger partial charge >= 0.3 is 18.0 Å². The fraction of sp³-hybridized carbons (Fsp3) is 0.727. The molecule has 0 N–H and O–H groups in total. The number of hydrogen-bond acceptors (Lipinski definition) is 3. The van der Waals surface area contributed by atoms with Gasteiger partial charge in [0.1, 0.15) is 0 Å². The SMILES string of the molecule is CCOC1OCC/C(=C(\F)C(F)(F)C(F)(F)C(F)(F)F)C1=O. The van der Waals surface area contributed by atoms with Gasteiger partial charge in [-0.15, -0.1) is 0 Å². The van der Waals surface area contributed by atoms with Crippen LogP contribution in [-0.4, -0.2) is 43.3 Å². The first-order valence-electron chi connectivity index (χ1n) is 5.86. The van der Waals surface area contributed by atoms with Crippen LogP contribution in [-0.2, 0) is 14.3 Å². The minimum absolute atomic E-state index is 0.152. The van der Waals surface area contributed by atoms with Crippen LogP contribution in [0.25, 0.3) is 0 Å². The number of carbonyl (C=O) groups excluding carboxylic acids is 1. The van der Waals surface area contributed by atoms with E-state index in [0.717, 1.165) is 0 Å². The van der Waals surface area contributed by atoms with E-state index in [2.05, 4.69) is 9.47 Å². The predicted octanol–water partition coefficient (Wildman–Crippen LogP) is 3.39. The van der Waals surface area contributed by atoms with E-state index in [0.29, 0.717) is 0 Å². The second-order valence-electron chi connectivity index (χ2n) is 4.21. The van der Waals surface area contributed by atoms with Crippen molar-refractivity contribution in [3.8, 4) is 0 Å². The lowest BCUT2D eigenvalue weighted by Gasteiger charge is -2.29. The molecule has 11 heteroatoms. The number of alkyl halides is 7. The summed E-state index contributed by atoms with van der Waals surface area (Å²) in [6.45, 7) is 0.671. The highest BCUT2D eigenvalue weighted by molar-refractivity contribution is 5.99. The first-order valence-corrected chi connectivity index (χ1v) is 5.86. The Balaban J connectivity index is 3.25. The van der Waals surface area contributed by atoms with Crippen LogP contribution in [0.1, 0.15) is 13.3 Å². The van der Waals surface area contributed by atoms with Gasteiger partial charge in [0, 0.05) is 18.6 Å².